The van der Waals surface area contributed by atoms with Crippen LogP contribution in [0.1, 0.15) is 43.4 Å². The van der Waals surface area contributed by atoms with Crippen molar-refractivity contribution in [3.8, 4) is 0 Å². The lowest BCUT2D eigenvalue weighted by atomic mass is 9.80. The molecule has 0 atom stereocenters. The summed E-state index contributed by atoms with van der Waals surface area (Å²) in [6.07, 6.45) is 7.74. The molecule has 2 N–H and O–H groups in total. The fourth-order valence-electron chi connectivity index (χ4n) is 2.81. The number of hydrogen-bond donors (Lipinski definition) is 1. The van der Waals surface area contributed by atoms with E-state index in [-0.39, 0.29) is 5.54 Å². The highest BCUT2D eigenvalue weighted by Gasteiger charge is 2.32. The standard InChI is InChI=1S/C15H20N4/c16-15(9-5-2-6-10-15)14-12-19(18-17-14)11-13-7-3-1-4-8-13/h1,3-4,7-8,12H,2,5-6,9-11,16H2. The molecular formula is C15H20N4. The summed E-state index contributed by atoms with van der Waals surface area (Å²) in [7, 11) is 0. The van der Waals surface area contributed by atoms with E-state index in [0.29, 0.717) is 0 Å². The largest absolute Gasteiger partial charge is 0.320 e. The van der Waals surface area contributed by atoms with Gasteiger partial charge in [-0.15, -0.1) is 5.10 Å². The van der Waals surface area contributed by atoms with Crippen molar-refractivity contribution >= 4 is 0 Å². The van der Waals surface area contributed by atoms with Crippen LogP contribution in [0.2, 0.25) is 0 Å². The molecule has 1 aromatic carbocycles. The molecular weight excluding hydrogens is 236 g/mol. The molecule has 1 aliphatic carbocycles. The van der Waals surface area contributed by atoms with Gasteiger partial charge in [0, 0.05) is 0 Å². The Morgan fingerprint density at radius 2 is 1.84 bits per heavy atom. The predicted octanol–water partition coefficient (Wildman–Crippen LogP) is 2.44. The van der Waals surface area contributed by atoms with Crippen LogP contribution in [-0.2, 0) is 12.1 Å². The monoisotopic (exact) mass is 256 g/mol. The number of hydrogen-bond acceptors (Lipinski definition) is 3. The van der Waals surface area contributed by atoms with Crippen LogP contribution in [0.15, 0.2) is 36.5 Å². The van der Waals surface area contributed by atoms with Crippen molar-refractivity contribution in [1.82, 2.24) is 15.0 Å². The van der Waals surface area contributed by atoms with Gasteiger partial charge in [-0.3, -0.25) is 0 Å². The van der Waals surface area contributed by atoms with Crippen molar-refractivity contribution in [3.63, 3.8) is 0 Å². The average molecular weight is 256 g/mol. The van der Waals surface area contributed by atoms with Crippen molar-refractivity contribution in [3.05, 3.63) is 47.8 Å². The quantitative estimate of drug-likeness (QED) is 0.917. The molecule has 0 radical (unpaired) electrons. The molecule has 0 aliphatic heterocycles. The van der Waals surface area contributed by atoms with Gasteiger partial charge in [0.05, 0.1) is 18.3 Å². The van der Waals surface area contributed by atoms with Crippen LogP contribution < -0.4 is 5.73 Å². The summed E-state index contributed by atoms with van der Waals surface area (Å²) in [4.78, 5) is 0. The zero-order valence-electron chi connectivity index (χ0n) is 11.1. The van der Waals surface area contributed by atoms with Gasteiger partial charge in [0.1, 0.15) is 5.69 Å². The Hall–Kier alpha value is -1.68. The molecule has 0 bridgehead atoms. The first kappa shape index (κ1) is 12.4. The van der Waals surface area contributed by atoms with E-state index in [4.69, 9.17) is 5.73 Å². The third-order valence-corrected chi connectivity index (χ3v) is 3.98. The van der Waals surface area contributed by atoms with Gasteiger partial charge < -0.3 is 5.73 Å². The highest BCUT2D eigenvalue weighted by atomic mass is 15.4. The molecule has 4 heteroatoms. The molecule has 100 valence electrons. The first-order chi connectivity index (χ1) is 9.26. The van der Waals surface area contributed by atoms with Crippen molar-refractivity contribution in [2.24, 2.45) is 5.73 Å². The average Bonchev–Trinajstić information content (AvgIpc) is 2.90. The lowest BCUT2D eigenvalue weighted by Gasteiger charge is -2.31. The molecule has 2 aromatic rings. The second kappa shape index (κ2) is 5.13. The van der Waals surface area contributed by atoms with Gasteiger partial charge in [0.15, 0.2) is 0 Å². The summed E-state index contributed by atoms with van der Waals surface area (Å²) < 4.78 is 1.88. The Morgan fingerprint density at radius 3 is 2.58 bits per heavy atom. The van der Waals surface area contributed by atoms with E-state index in [9.17, 15) is 0 Å². The molecule has 1 saturated carbocycles. The van der Waals surface area contributed by atoms with Crippen molar-refractivity contribution in [2.75, 3.05) is 0 Å². The summed E-state index contributed by atoms with van der Waals surface area (Å²) in [6.45, 7) is 0.754. The lowest BCUT2D eigenvalue weighted by molar-refractivity contribution is 0.295. The van der Waals surface area contributed by atoms with E-state index in [1.807, 2.05) is 29.1 Å². The van der Waals surface area contributed by atoms with Crippen molar-refractivity contribution < 1.29 is 0 Å². The number of nitrogens with zero attached hydrogens (tertiary/aromatic N) is 3. The summed E-state index contributed by atoms with van der Waals surface area (Å²) in [5, 5.41) is 8.51. The first-order valence-electron chi connectivity index (χ1n) is 7.00. The summed E-state index contributed by atoms with van der Waals surface area (Å²) in [6, 6.07) is 10.3. The second-order valence-electron chi connectivity index (χ2n) is 5.50. The predicted molar refractivity (Wildman–Crippen MR) is 74.5 cm³/mol. The van der Waals surface area contributed by atoms with Crippen LogP contribution in [-0.4, -0.2) is 15.0 Å². The van der Waals surface area contributed by atoms with Crippen LogP contribution in [0.4, 0.5) is 0 Å². The summed E-state index contributed by atoms with van der Waals surface area (Å²) in [5.41, 5.74) is 8.39. The van der Waals surface area contributed by atoms with Crippen LogP contribution in [0.5, 0.6) is 0 Å². The van der Waals surface area contributed by atoms with Gasteiger partial charge in [-0.1, -0.05) is 54.8 Å². The number of benzene rings is 1. The highest BCUT2D eigenvalue weighted by molar-refractivity contribution is 5.16. The molecule has 0 saturated heterocycles. The van der Waals surface area contributed by atoms with Crippen molar-refractivity contribution in [1.29, 1.82) is 0 Å². The molecule has 0 spiro atoms. The Bertz CT molecular complexity index is 526. The number of nitrogens with two attached hydrogens (primary N) is 1. The molecule has 4 nitrogen and oxygen atoms in total. The van der Waals surface area contributed by atoms with E-state index in [1.165, 1.54) is 24.8 Å². The zero-order valence-corrected chi connectivity index (χ0v) is 11.1. The van der Waals surface area contributed by atoms with Gasteiger partial charge >= 0.3 is 0 Å². The molecule has 1 aliphatic rings. The molecule has 1 fully saturated rings. The maximum atomic E-state index is 6.47. The van der Waals surface area contributed by atoms with E-state index in [2.05, 4.69) is 22.4 Å². The van der Waals surface area contributed by atoms with E-state index in [0.717, 1.165) is 25.1 Å². The van der Waals surface area contributed by atoms with Crippen LogP contribution in [0.25, 0.3) is 0 Å². The number of aromatic nitrogens is 3. The maximum Gasteiger partial charge on any atom is 0.103 e. The van der Waals surface area contributed by atoms with E-state index in [1.54, 1.807) is 0 Å². The number of rotatable bonds is 3. The van der Waals surface area contributed by atoms with E-state index < -0.39 is 0 Å². The minimum atomic E-state index is -0.257. The van der Waals surface area contributed by atoms with Gasteiger partial charge in [-0.05, 0) is 18.4 Å². The smallest absolute Gasteiger partial charge is 0.103 e. The molecule has 1 heterocycles. The zero-order chi connectivity index (χ0) is 13.1. The first-order valence-corrected chi connectivity index (χ1v) is 7.00. The minimum Gasteiger partial charge on any atom is -0.320 e. The Labute approximate surface area is 113 Å². The normalized spacial score (nSPS) is 18.4. The Kier molecular flexibility index (Phi) is 3.34. The van der Waals surface area contributed by atoms with Crippen molar-refractivity contribution in [2.45, 2.75) is 44.2 Å². The highest BCUT2D eigenvalue weighted by Crippen LogP contribution is 2.33. The van der Waals surface area contributed by atoms with Crippen LogP contribution >= 0.6 is 0 Å². The van der Waals surface area contributed by atoms with E-state index >= 15 is 0 Å². The van der Waals surface area contributed by atoms with Gasteiger partial charge in [0.2, 0.25) is 0 Å². The Morgan fingerprint density at radius 1 is 1.11 bits per heavy atom. The molecule has 19 heavy (non-hydrogen) atoms. The van der Waals surface area contributed by atoms with Gasteiger partial charge in [-0.2, -0.15) is 0 Å². The Balaban J connectivity index is 1.76. The van der Waals surface area contributed by atoms with Crippen LogP contribution in [0.3, 0.4) is 0 Å². The van der Waals surface area contributed by atoms with Gasteiger partial charge in [-0.25, -0.2) is 4.68 Å². The molecule has 0 unspecified atom stereocenters. The van der Waals surface area contributed by atoms with Crippen LogP contribution in [0, 0.1) is 0 Å². The summed E-state index contributed by atoms with van der Waals surface area (Å²) in [5.74, 6) is 0. The molecule has 1 aromatic heterocycles. The topological polar surface area (TPSA) is 56.7 Å². The fourth-order valence-corrected chi connectivity index (χ4v) is 2.81. The molecule has 3 rings (SSSR count). The third kappa shape index (κ3) is 2.68. The second-order valence-corrected chi connectivity index (χ2v) is 5.50. The third-order valence-electron chi connectivity index (χ3n) is 3.98. The minimum absolute atomic E-state index is 0.257. The van der Waals surface area contributed by atoms with Gasteiger partial charge in [0.25, 0.3) is 0 Å². The SMILES string of the molecule is NC1(c2cn(Cc3ccccc3)nn2)CCCCC1. The fraction of sp³-hybridized carbons (Fsp3) is 0.467. The lowest BCUT2D eigenvalue weighted by Crippen LogP contribution is -2.39. The molecule has 0 amide bonds. The maximum absolute atomic E-state index is 6.47. The summed E-state index contributed by atoms with van der Waals surface area (Å²) >= 11 is 0.